The Labute approximate surface area is 175 Å². The van der Waals surface area contributed by atoms with Gasteiger partial charge in [0.25, 0.3) is 0 Å². The fraction of sp³-hybridized carbons (Fsp3) is 0.667. The summed E-state index contributed by atoms with van der Waals surface area (Å²) in [5.41, 5.74) is 2.72. The van der Waals surface area contributed by atoms with Crippen molar-refractivity contribution in [2.24, 2.45) is 5.92 Å². The Hall–Kier alpha value is -1.88. The topological polar surface area (TPSA) is 43.9 Å². The number of carbonyl (C=O) groups is 2. The van der Waals surface area contributed by atoms with Gasteiger partial charge in [-0.25, -0.2) is 0 Å². The number of hydrogen-bond donors (Lipinski definition) is 0. The van der Waals surface area contributed by atoms with Gasteiger partial charge >= 0.3 is 0 Å². The molecule has 0 aromatic heterocycles. The summed E-state index contributed by atoms with van der Waals surface area (Å²) in [7, 11) is 0. The van der Waals surface area contributed by atoms with E-state index in [-0.39, 0.29) is 5.91 Å². The molecule has 2 fully saturated rings. The summed E-state index contributed by atoms with van der Waals surface area (Å²) in [5.74, 6) is 1.23. The summed E-state index contributed by atoms with van der Waals surface area (Å²) in [6.45, 7) is 7.46. The zero-order valence-corrected chi connectivity index (χ0v) is 17.8. The normalized spacial score (nSPS) is 21.8. The average molecular weight is 398 g/mol. The molecular formula is C24H35N3O2. The van der Waals surface area contributed by atoms with Crippen LogP contribution >= 0.6 is 0 Å². The van der Waals surface area contributed by atoms with Gasteiger partial charge in [-0.15, -0.1) is 0 Å². The average Bonchev–Trinajstić information content (AvgIpc) is 2.77. The van der Waals surface area contributed by atoms with Crippen molar-refractivity contribution in [2.45, 2.75) is 64.5 Å². The Balaban J connectivity index is 1.17. The van der Waals surface area contributed by atoms with E-state index in [1.54, 1.807) is 6.92 Å². The van der Waals surface area contributed by atoms with E-state index in [0.29, 0.717) is 24.3 Å². The molecule has 2 amide bonds. The third-order valence-corrected chi connectivity index (χ3v) is 7.33. The van der Waals surface area contributed by atoms with Crippen LogP contribution in [0.25, 0.3) is 0 Å². The van der Waals surface area contributed by atoms with Crippen LogP contribution in [-0.2, 0) is 22.6 Å². The van der Waals surface area contributed by atoms with Gasteiger partial charge in [-0.05, 0) is 68.7 Å². The predicted octanol–water partition coefficient (Wildman–Crippen LogP) is 3.07. The lowest BCUT2D eigenvalue weighted by molar-refractivity contribution is -0.133. The minimum Gasteiger partial charge on any atom is -0.343 e. The van der Waals surface area contributed by atoms with Crippen molar-refractivity contribution in [3.05, 3.63) is 35.4 Å². The van der Waals surface area contributed by atoms with Crippen LogP contribution in [0.15, 0.2) is 24.3 Å². The molecule has 0 saturated carbocycles. The first kappa shape index (κ1) is 20.4. The van der Waals surface area contributed by atoms with E-state index in [0.717, 1.165) is 65.0 Å². The van der Waals surface area contributed by atoms with Crippen molar-refractivity contribution in [3.8, 4) is 0 Å². The third-order valence-electron chi connectivity index (χ3n) is 7.33. The second-order valence-corrected chi connectivity index (χ2v) is 9.09. The summed E-state index contributed by atoms with van der Waals surface area (Å²) >= 11 is 0. The van der Waals surface area contributed by atoms with Gasteiger partial charge in [-0.2, -0.15) is 0 Å². The highest BCUT2D eigenvalue weighted by Gasteiger charge is 2.29. The lowest BCUT2D eigenvalue weighted by Crippen LogP contribution is -2.48. The first-order valence-electron chi connectivity index (χ1n) is 11.4. The summed E-state index contributed by atoms with van der Waals surface area (Å²) in [6.07, 6.45) is 7.37. The lowest BCUT2D eigenvalue weighted by atomic mass is 9.89. The van der Waals surface area contributed by atoms with Crippen LogP contribution in [-0.4, -0.2) is 65.3 Å². The lowest BCUT2D eigenvalue weighted by Gasteiger charge is -2.41. The highest BCUT2D eigenvalue weighted by atomic mass is 16.2. The van der Waals surface area contributed by atoms with Crippen LogP contribution in [0, 0.1) is 5.92 Å². The molecule has 0 atom stereocenters. The molecule has 158 valence electrons. The Morgan fingerprint density at radius 3 is 2.28 bits per heavy atom. The third kappa shape index (κ3) is 5.00. The van der Waals surface area contributed by atoms with Gasteiger partial charge in [0.05, 0.1) is 0 Å². The second-order valence-electron chi connectivity index (χ2n) is 9.09. The van der Waals surface area contributed by atoms with E-state index in [9.17, 15) is 9.59 Å². The SMILES string of the molecule is CC(=O)N1CCC(N2CCC(CCC(=O)N3CCc4ccccc4C3)CC2)CC1. The number of benzene rings is 1. The molecule has 0 unspecified atom stereocenters. The highest BCUT2D eigenvalue weighted by molar-refractivity contribution is 5.76. The highest BCUT2D eigenvalue weighted by Crippen LogP contribution is 2.27. The molecule has 0 spiro atoms. The quantitative estimate of drug-likeness (QED) is 0.784. The zero-order chi connectivity index (χ0) is 20.2. The van der Waals surface area contributed by atoms with Crippen molar-refractivity contribution in [3.63, 3.8) is 0 Å². The van der Waals surface area contributed by atoms with Crippen molar-refractivity contribution >= 4 is 11.8 Å². The number of hydrogen-bond acceptors (Lipinski definition) is 3. The molecule has 1 aromatic carbocycles. The van der Waals surface area contributed by atoms with Crippen LogP contribution in [0.5, 0.6) is 0 Å². The van der Waals surface area contributed by atoms with Crippen LogP contribution in [0.3, 0.4) is 0 Å². The first-order chi connectivity index (χ1) is 14.1. The van der Waals surface area contributed by atoms with E-state index < -0.39 is 0 Å². The molecule has 3 heterocycles. The zero-order valence-electron chi connectivity index (χ0n) is 17.8. The molecule has 5 nitrogen and oxygen atoms in total. The Morgan fingerprint density at radius 2 is 1.59 bits per heavy atom. The molecule has 0 bridgehead atoms. The van der Waals surface area contributed by atoms with Gasteiger partial charge in [0.15, 0.2) is 0 Å². The summed E-state index contributed by atoms with van der Waals surface area (Å²) in [4.78, 5) is 30.9. The molecule has 4 rings (SSSR count). The Kier molecular flexibility index (Phi) is 6.53. The molecular weight excluding hydrogens is 362 g/mol. The minimum atomic E-state index is 0.212. The van der Waals surface area contributed by atoms with Crippen molar-refractivity contribution in [1.82, 2.24) is 14.7 Å². The summed E-state index contributed by atoms with van der Waals surface area (Å²) < 4.78 is 0. The molecule has 0 N–H and O–H groups in total. The molecule has 29 heavy (non-hydrogen) atoms. The van der Waals surface area contributed by atoms with Crippen molar-refractivity contribution in [1.29, 1.82) is 0 Å². The van der Waals surface area contributed by atoms with Gasteiger partial charge < -0.3 is 14.7 Å². The fourth-order valence-corrected chi connectivity index (χ4v) is 5.35. The van der Waals surface area contributed by atoms with E-state index >= 15 is 0 Å². The van der Waals surface area contributed by atoms with E-state index in [1.165, 1.54) is 24.0 Å². The standard InChI is InChI=1S/C24H35N3O2/c1-19(28)25-16-11-23(12-17-25)26-13-8-20(9-14-26)6-7-24(29)27-15-10-21-4-2-3-5-22(21)18-27/h2-5,20,23H,6-18H2,1H3. The number of nitrogens with zero attached hydrogens (tertiary/aromatic N) is 3. The fourth-order valence-electron chi connectivity index (χ4n) is 5.35. The van der Waals surface area contributed by atoms with Gasteiger partial charge in [0.2, 0.25) is 11.8 Å². The number of amides is 2. The molecule has 5 heteroatoms. The van der Waals surface area contributed by atoms with E-state index in [4.69, 9.17) is 0 Å². The van der Waals surface area contributed by atoms with Crippen LogP contribution in [0.4, 0.5) is 0 Å². The van der Waals surface area contributed by atoms with Gasteiger partial charge in [-0.3, -0.25) is 9.59 Å². The molecule has 3 aliphatic heterocycles. The molecule has 1 aromatic rings. The summed E-state index contributed by atoms with van der Waals surface area (Å²) in [6, 6.07) is 9.15. The molecule has 3 aliphatic rings. The Bertz CT molecular complexity index is 719. The molecule has 0 radical (unpaired) electrons. The largest absolute Gasteiger partial charge is 0.343 e. The summed E-state index contributed by atoms with van der Waals surface area (Å²) in [5, 5.41) is 0. The molecule has 2 saturated heterocycles. The van der Waals surface area contributed by atoms with Crippen LogP contribution in [0.2, 0.25) is 0 Å². The maximum Gasteiger partial charge on any atom is 0.222 e. The maximum atomic E-state index is 12.7. The van der Waals surface area contributed by atoms with E-state index in [2.05, 4.69) is 34.1 Å². The van der Waals surface area contributed by atoms with E-state index in [1.807, 2.05) is 4.90 Å². The Morgan fingerprint density at radius 1 is 0.897 bits per heavy atom. The van der Waals surface area contributed by atoms with Crippen molar-refractivity contribution in [2.75, 3.05) is 32.7 Å². The second kappa shape index (κ2) is 9.29. The first-order valence-corrected chi connectivity index (χ1v) is 11.4. The van der Waals surface area contributed by atoms with Crippen molar-refractivity contribution < 1.29 is 9.59 Å². The van der Waals surface area contributed by atoms with Gasteiger partial charge in [-0.1, -0.05) is 24.3 Å². The number of piperidine rings is 2. The van der Waals surface area contributed by atoms with Gasteiger partial charge in [0.1, 0.15) is 0 Å². The maximum absolute atomic E-state index is 12.7. The van der Waals surface area contributed by atoms with Crippen LogP contribution in [0.1, 0.15) is 56.6 Å². The van der Waals surface area contributed by atoms with Gasteiger partial charge in [0, 0.05) is 45.6 Å². The predicted molar refractivity (Wildman–Crippen MR) is 114 cm³/mol. The number of carbonyl (C=O) groups excluding carboxylic acids is 2. The number of likely N-dealkylation sites (tertiary alicyclic amines) is 2. The monoisotopic (exact) mass is 397 g/mol. The van der Waals surface area contributed by atoms with Crippen LogP contribution < -0.4 is 0 Å². The number of rotatable bonds is 4. The molecule has 0 aliphatic carbocycles. The smallest absolute Gasteiger partial charge is 0.222 e. The number of fused-ring (bicyclic) bond motifs is 1. The minimum absolute atomic E-state index is 0.212.